The van der Waals surface area contributed by atoms with Crippen LogP contribution in [0.4, 0.5) is 4.39 Å². The van der Waals surface area contributed by atoms with Crippen molar-refractivity contribution in [3.8, 4) is 6.07 Å². The number of benzene rings is 1. The summed E-state index contributed by atoms with van der Waals surface area (Å²) >= 11 is 0. The lowest BCUT2D eigenvalue weighted by Gasteiger charge is -2.42. The van der Waals surface area contributed by atoms with E-state index in [9.17, 15) is 12.8 Å². The van der Waals surface area contributed by atoms with Crippen LogP contribution in [0, 0.1) is 24.1 Å². The molecule has 2 atom stereocenters. The molecule has 1 aromatic carbocycles. The largest absolute Gasteiger partial charge is 0.314 e. The molecule has 1 N–H and O–H groups in total. The molecule has 0 bridgehead atoms. The number of nitrogens with zero attached hydrogens (tertiary/aromatic N) is 2. The van der Waals surface area contributed by atoms with E-state index in [1.807, 2.05) is 6.07 Å². The zero-order valence-electron chi connectivity index (χ0n) is 12.3. The van der Waals surface area contributed by atoms with E-state index >= 15 is 0 Å². The zero-order valence-corrected chi connectivity index (χ0v) is 13.2. The summed E-state index contributed by atoms with van der Waals surface area (Å²) in [5.74, 6) is -0.499. The molecule has 0 unspecified atom stereocenters. The first-order chi connectivity index (χ1) is 10.4. The summed E-state index contributed by atoms with van der Waals surface area (Å²) in [6, 6.07) is 4.54. The highest BCUT2D eigenvalue weighted by molar-refractivity contribution is 7.91. The van der Waals surface area contributed by atoms with E-state index in [2.05, 4.69) is 10.2 Å². The van der Waals surface area contributed by atoms with Gasteiger partial charge in [-0.1, -0.05) is 6.07 Å². The summed E-state index contributed by atoms with van der Waals surface area (Å²) in [4.78, 5) is 2.18. The van der Waals surface area contributed by atoms with Crippen molar-refractivity contribution in [3.63, 3.8) is 0 Å². The van der Waals surface area contributed by atoms with Gasteiger partial charge in [-0.05, 0) is 24.1 Å². The van der Waals surface area contributed by atoms with Gasteiger partial charge in [0.1, 0.15) is 11.9 Å². The SMILES string of the molecule is Cc1c([C@H]2CN3CCNC[C@H]3CS2(=O)=O)ccc(F)c1C#N. The fourth-order valence-corrected chi connectivity index (χ4v) is 5.55. The number of halogens is 1. The summed E-state index contributed by atoms with van der Waals surface area (Å²) in [7, 11) is -3.32. The van der Waals surface area contributed by atoms with Gasteiger partial charge in [-0.15, -0.1) is 0 Å². The molecular formula is C15H18FN3O2S. The third-order valence-electron chi connectivity index (χ3n) is 4.65. The van der Waals surface area contributed by atoms with Crippen molar-refractivity contribution in [2.75, 3.05) is 31.9 Å². The van der Waals surface area contributed by atoms with Gasteiger partial charge < -0.3 is 5.32 Å². The van der Waals surface area contributed by atoms with Gasteiger partial charge in [0.05, 0.1) is 16.6 Å². The summed E-state index contributed by atoms with van der Waals surface area (Å²) in [5.41, 5.74) is 0.926. The number of piperazine rings is 1. The highest BCUT2D eigenvalue weighted by atomic mass is 32.2. The minimum Gasteiger partial charge on any atom is -0.314 e. The van der Waals surface area contributed by atoms with Gasteiger partial charge in [0.25, 0.3) is 0 Å². The molecule has 0 saturated carbocycles. The molecule has 2 aliphatic rings. The Morgan fingerprint density at radius 1 is 1.45 bits per heavy atom. The average molecular weight is 323 g/mol. The number of hydrogen-bond donors (Lipinski definition) is 1. The van der Waals surface area contributed by atoms with Crippen molar-refractivity contribution >= 4 is 9.84 Å². The third kappa shape index (κ3) is 2.51. The van der Waals surface area contributed by atoms with Crippen molar-refractivity contribution in [1.29, 1.82) is 5.26 Å². The van der Waals surface area contributed by atoms with Crippen LogP contribution in [0.15, 0.2) is 12.1 Å². The second-order valence-electron chi connectivity index (χ2n) is 5.92. The molecule has 3 rings (SSSR count). The van der Waals surface area contributed by atoms with Crippen LogP contribution in [0.1, 0.15) is 21.9 Å². The molecule has 7 heteroatoms. The third-order valence-corrected chi connectivity index (χ3v) is 6.76. The molecule has 0 spiro atoms. The van der Waals surface area contributed by atoms with E-state index in [1.165, 1.54) is 12.1 Å². The number of rotatable bonds is 1. The van der Waals surface area contributed by atoms with Crippen LogP contribution >= 0.6 is 0 Å². The molecule has 2 saturated heterocycles. The van der Waals surface area contributed by atoms with Gasteiger partial charge in [0.15, 0.2) is 9.84 Å². The Morgan fingerprint density at radius 2 is 2.23 bits per heavy atom. The van der Waals surface area contributed by atoms with Gasteiger partial charge in [-0.3, -0.25) is 4.90 Å². The zero-order chi connectivity index (χ0) is 15.9. The monoisotopic (exact) mass is 323 g/mol. The highest BCUT2D eigenvalue weighted by Crippen LogP contribution is 2.34. The lowest BCUT2D eigenvalue weighted by Crippen LogP contribution is -2.59. The summed E-state index contributed by atoms with van der Waals surface area (Å²) < 4.78 is 39.0. The van der Waals surface area contributed by atoms with E-state index in [0.29, 0.717) is 24.2 Å². The second kappa shape index (κ2) is 5.61. The van der Waals surface area contributed by atoms with E-state index < -0.39 is 20.9 Å². The van der Waals surface area contributed by atoms with Crippen molar-refractivity contribution < 1.29 is 12.8 Å². The summed E-state index contributed by atoms with van der Waals surface area (Å²) in [6.45, 7) is 4.36. The second-order valence-corrected chi connectivity index (χ2v) is 8.15. The van der Waals surface area contributed by atoms with Crippen LogP contribution in [0.5, 0.6) is 0 Å². The minimum atomic E-state index is -3.32. The fraction of sp³-hybridized carbons (Fsp3) is 0.533. The van der Waals surface area contributed by atoms with Gasteiger partial charge in [-0.25, -0.2) is 12.8 Å². The fourth-order valence-electron chi connectivity index (χ4n) is 3.39. The summed E-state index contributed by atoms with van der Waals surface area (Å²) in [5, 5.41) is 11.6. The number of sulfone groups is 1. The van der Waals surface area contributed by atoms with Crippen LogP contribution in [0.25, 0.3) is 0 Å². The predicted molar refractivity (Wildman–Crippen MR) is 80.6 cm³/mol. The Kier molecular flexibility index (Phi) is 3.93. The van der Waals surface area contributed by atoms with Crippen LogP contribution in [0.3, 0.4) is 0 Å². The molecule has 5 nitrogen and oxygen atoms in total. The van der Waals surface area contributed by atoms with E-state index in [1.54, 1.807) is 6.92 Å². The smallest absolute Gasteiger partial charge is 0.160 e. The maximum Gasteiger partial charge on any atom is 0.160 e. The van der Waals surface area contributed by atoms with Gasteiger partial charge in [0.2, 0.25) is 0 Å². The molecule has 2 heterocycles. The Bertz CT molecular complexity index is 742. The quantitative estimate of drug-likeness (QED) is 0.825. The van der Waals surface area contributed by atoms with Crippen LogP contribution < -0.4 is 5.32 Å². The van der Waals surface area contributed by atoms with Crippen molar-refractivity contribution in [3.05, 3.63) is 34.6 Å². The lowest BCUT2D eigenvalue weighted by molar-refractivity contribution is 0.165. The molecule has 0 amide bonds. The van der Waals surface area contributed by atoms with Crippen molar-refractivity contribution in [2.45, 2.75) is 18.2 Å². The van der Waals surface area contributed by atoms with E-state index in [-0.39, 0.29) is 17.4 Å². The van der Waals surface area contributed by atoms with Gasteiger partial charge >= 0.3 is 0 Å². The number of fused-ring (bicyclic) bond motifs is 1. The van der Waals surface area contributed by atoms with Crippen LogP contribution in [0.2, 0.25) is 0 Å². The average Bonchev–Trinajstić information content (AvgIpc) is 2.47. The van der Waals surface area contributed by atoms with Crippen LogP contribution in [-0.2, 0) is 9.84 Å². The molecule has 0 aliphatic carbocycles. The number of hydrogen-bond acceptors (Lipinski definition) is 5. The molecule has 1 aromatic rings. The molecule has 2 fully saturated rings. The van der Waals surface area contributed by atoms with Gasteiger partial charge in [0, 0.05) is 32.2 Å². The molecule has 0 aromatic heterocycles. The van der Waals surface area contributed by atoms with Crippen molar-refractivity contribution in [2.24, 2.45) is 0 Å². The maximum atomic E-state index is 13.7. The predicted octanol–water partition coefficient (Wildman–Crippen LogP) is 0.749. The highest BCUT2D eigenvalue weighted by Gasteiger charge is 2.41. The molecule has 0 radical (unpaired) electrons. The topological polar surface area (TPSA) is 73.2 Å². The van der Waals surface area contributed by atoms with Crippen LogP contribution in [-0.4, -0.2) is 51.3 Å². The number of nitriles is 1. The first-order valence-electron chi connectivity index (χ1n) is 7.29. The van der Waals surface area contributed by atoms with E-state index in [0.717, 1.165) is 13.1 Å². The first-order valence-corrected chi connectivity index (χ1v) is 9.01. The summed E-state index contributed by atoms with van der Waals surface area (Å²) in [6.07, 6.45) is 0. The Labute approximate surface area is 129 Å². The van der Waals surface area contributed by atoms with E-state index in [4.69, 9.17) is 5.26 Å². The molecule has 118 valence electrons. The normalized spacial score (nSPS) is 27.9. The molecular weight excluding hydrogens is 305 g/mol. The molecule has 22 heavy (non-hydrogen) atoms. The van der Waals surface area contributed by atoms with Gasteiger partial charge in [-0.2, -0.15) is 5.26 Å². The number of nitrogens with one attached hydrogen (secondary N) is 1. The first kappa shape index (κ1) is 15.4. The Hall–Kier alpha value is -1.49. The lowest BCUT2D eigenvalue weighted by atomic mass is 9.99. The Morgan fingerprint density at radius 3 is 2.95 bits per heavy atom. The van der Waals surface area contributed by atoms with Crippen molar-refractivity contribution in [1.82, 2.24) is 10.2 Å². The molecule has 2 aliphatic heterocycles. The standard InChI is InChI=1S/C15H18FN3O2S/c1-10-12(2-3-14(16)13(10)6-17)15-8-19-5-4-18-7-11(19)9-22(15,20)21/h2-3,11,15,18H,4-5,7-9H2,1H3/t11-,15+/m0/s1. The minimum absolute atomic E-state index is 0.00573. The Balaban J connectivity index is 2.02. The maximum absolute atomic E-state index is 13.7.